The van der Waals surface area contributed by atoms with E-state index in [0.717, 1.165) is 11.3 Å². The molecule has 0 unspecified atom stereocenters. The molecule has 0 aliphatic rings. The highest BCUT2D eigenvalue weighted by atomic mass is 32.1. The number of rotatable bonds is 3. The molecule has 1 aromatic carbocycles. The Labute approximate surface area is 144 Å². The van der Waals surface area contributed by atoms with Gasteiger partial charge in [-0.3, -0.25) is 0 Å². The van der Waals surface area contributed by atoms with E-state index in [9.17, 15) is 17.6 Å². The lowest BCUT2D eigenvalue weighted by Crippen LogP contribution is -2.08. The summed E-state index contributed by atoms with van der Waals surface area (Å²) in [6.45, 7) is 3.11. The highest BCUT2D eigenvalue weighted by Gasteiger charge is 2.37. The molecule has 0 saturated carbocycles. The number of nitrogens with one attached hydrogen (secondary N) is 1. The fourth-order valence-corrected chi connectivity index (χ4v) is 3.10. The van der Waals surface area contributed by atoms with Gasteiger partial charge in [0.15, 0.2) is 5.69 Å². The zero-order valence-electron chi connectivity index (χ0n) is 13.1. The van der Waals surface area contributed by atoms with Crippen molar-refractivity contribution in [2.45, 2.75) is 20.0 Å². The first-order chi connectivity index (χ1) is 11.7. The van der Waals surface area contributed by atoms with Crippen LogP contribution in [0.5, 0.6) is 0 Å². The summed E-state index contributed by atoms with van der Waals surface area (Å²) < 4.78 is 52.7. The van der Waals surface area contributed by atoms with Crippen molar-refractivity contribution in [1.29, 1.82) is 0 Å². The first kappa shape index (κ1) is 17.3. The minimum Gasteiger partial charge on any atom is -0.324 e. The lowest BCUT2D eigenvalue weighted by Gasteiger charge is -2.09. The van der Waals surface area contributed by atoms with E-state index in [0.29, 0.717) is 16.3 Å². The summed E-state index contributed by atoms with van der Waals surface area (Å²) in [5, 5.41) is 3.16. The Morgan fingerprint density at radius 3 is 2.52 bits per heavy atom. The monoisotopic (exact) mass is 368 g/mol. The van der Waals surface area contributed by atoms with Crippen molar-refractivity contribution in [2.24, 2.45) is 0 Å². The number of aromatic nitrogens is 3. The summed E-state index contributed by atoms with van der Waals surface area (Å²) >= 11 is 0.915. The molecule has 4 nitrogen and oxygen atoms in total. The standard InChI is InChI=1S/C16H12F4N4S/c1-8-7-10(3-4-11(8)17)23-15-21-6-5-12(24-15)13-14(16(18,19)20)22-9(2)25-13/h3-7H,1-2H3,(H,21,23,24). The molecule has 2 heterocycles. The van der Waals surface area contributed by atoms with Crippen LogP contribution in [0.15, 0.2) is 30.5 Å². The second-order valence-corrected chi connectivity index (χ2v) is 6.47. The Morgan fingerprint density at radius 1 is 1.08 bits per heavy atom. The van der Waals surface area contributed by atoms with Crippen LogP contribution in [0.25, 0.3) is 10.6 Å². The highest BCUT2D eigenvalue weighted by Crippen LogP contribution is 2.39. The molecule has 1 N–H and O–H groups in total. The first-order valence-electron chi connectivity index (χ1n) is 7.15. The van der Waals surface area contributed by atoms with Crippen LogP contribution in [0.2, 0.25) is 0 Å². The fourth-order valence-electron chi connectivity index (χ4n) is 2.19. The number of hydrogen-bond acceptors (Lipinski definition) is 5. The maximum Gasteiger partial charge on any atom is 0.434 e. The van der Waals surface area contributed by atoms with Gasteiger partial charge in [-0.05, 0) is 43.7 Å². The predicted molar refractivity (Wildman–Crippen MR) is 87.3 cm³/mol. The van der Waals surface area contributed by atoms with E-state index in [4.69, 9.17) is 0 Å². The van der Waals surface area contributed by atoms with Gasteiger partial charge in [-0.1, -0.05) is 0 Å². The molecular weight excluding hydrogens is 356 g/mol. The molecule has 0 spiro atoms. The molecule has 25 heavy (non-hydrogen) atoms. The normalized spacial score (nSPS) is 11.6. The fraction of sp³-hybridized carbons (Fsp3) is 0.188. The number of nitrogens with zero attached hydrogens (tertiary/aromatic N) is 3. The molecule has 0 amide bonds. The van der Waals surface area contributed by atoms with Gasteiger partial charge in [0.2, 0.25) is 5.95 Å². The number of anilines is 2. The Balaban J connectivity index is 1.96. The molecule has 3 aromatic rings. The van der Waals surface area contributed by atoms with Gasteiger partial charge in [0.1, 0.15) is 5.82 Å². The van der Waals surface area contributed by atoms with Gasteiger partial charge in [0.25, 0.3) is 0 Å². The van der Waals surface area contributed by atoms with Crippen molar-refractivity contribution >= 4 is 23.0 Å². The van der Waals surface area contributed by atoms with E-state index in [1.807, 2.05) is 0 Å². The average Bonchev–Trinajstić information content (AvgIpc) is 2.94. The summed E-state index contributed by atoms with van der Waals surface area (Å²) in [5.74, 6) is -0.238. The Morgan fingerprint density at radius 2 is 1.84 bits per heavy atom. The molecule has 0 aliphatic carbocycles. The zero-order chi connectivity index (χ0) is 18.2. The molecular formula is C16H12F4N4S. The molecule has 0 radical (unpaired) electrons. The average molecular weight is 368 g/mol. The van der Waals surface area contributed by atoms with E-state index >= 15 is 0 Å². The van der Waals surface area contributed by atoms with Crippen LogP contribution < -0.4 is 5.32 Å². The molecule has 0 fully saturated rings. The first-order valence-corrected chi connectivity index (χ1v) is 7.97. The van der Waals surface area contributed by atoms with Gasteiger partial charge < -0.3 is 5.32 Å². The van der Waals surface area contributed by atoms with Gasteiger partial charge in [-0.15, -0.1) is 11.3 Å². The lowest BCUT2D eigenvalue weighted by molar-refractivity contribution is -0.140. The molecule has 130 valence electrons. The van der Waals surface area contributed by atoms with E-state index in [1.165, 1.54) is 31.3 Å². The zero-order valence-corrected chi connectivity index (χ0v) is 14.0. The largest absolute Gasteiger partial charge is 0.434 e. The molecule has 0 saturated heterocycles. The van der Waals surface area contributed by atoms with Crippen molar-refractivity contribution in [3.8, 4) is 10.6 Å². The molecule has 0 atom stereocenters. The van der Waals surface area contributed by atoms with Crippen LogP contribution in [0.1, 0.15) is 16.3 Å². The van der Waals surface area contributed by atoms with E-state index < -0.39 is 11.9 Å². The van der Waals surface area contributed by atoms with Crippen LogP contribution in [-0.2, 0) is 6.18 Å². The maximum atomic E-state index is 13.3. The number of alkyl halides is 3. The van der Waals surface area contributed by atoms with Crippen LogP contribution in [-0.4, -0.2) is 15.0 Å². The van der Waals surface area contributed by atoms with E-state index in [1.54, 1.807) is 13.0 Å². The molecule has 9 heteroatoms. The Bertz CT molecular complexity index is 921. The van der Waals surface area contributed by atoms with Gasteiger partial charge >= 0.3 is 6.18 Å². The SMILES string of the molecule is Cc1nc(C(F)(F)F)c(-c2ccnc(Nc3ccc(F)c(C)c3)n2)s1. The van der Waals surface area contributed by atoms with Crippen LogP contribution in [0, 0.1) is 19.7 Å². The summed E-state index contributed by atoms with van der Waals surface area (Å²) in [7, 11) is 0. The summed E-state index contributed by atoms with van der Waals surface area (Å²) in [6.07, 6.45) is -3.21. The minimum absolute atomic E-state index is 0.0641. The topological polar surface area (TPSA) is 50.7 Å². The van der Waals surface area contributed by atoms with Crippen molar-refractivity contribution in [2.75, 3.05) is 5.32 Å². The molecule has 0 aliphatic heterocycles. The molecule has 3 rings (SSSR count). The van der Waals surface area contributed by atoms with Gasteiger partial charge in [0, 0.05) is 11.9 Å². The van der Waals surface area contributed by atoms with Gasteiger partial charge in [-0.25, -0.2) is 19.3 Å². The molecule has 2 aromatic heterocycles. The summed E-state index contributed by atoms with van der Waals surface area (Å²) in [5.41, 5.74) is 0.123. The quantitative estimate of drug-likeness (QED) is 0.652. The van der Waals surface area contributed by atoms with Crippen molar-refractivity contribution in [3.05, 3.63) is 52.5 Å². The Kier molecular flexibility index (Phi) is 4.42. The third kappa shape index (κ3) is 3.76. The van der Waals surface area contributed by atoms with E-state index in [-0.39, 0.29) is 22.3 Å². The van der Waals surface area contributed by atoms with E-state index in [2.05, 4.69) is 20.3 Å². The second-order valence-electron chi connectivity index (χ2n) is 5.26. The third-order valence-corrected chi connectivity index (χ3v) is 4.30. The van der Waals surface area contributed by atoms with Crippen LogP contribution >= 0.6 is 11.3 Å². The van der Waals surface area contributed by atoms with Gasteiger partial charge in [0.05, 0.1) is 15.6 Å². The Hall–Kier alpha value is -2.55. The molecule has 0 bridgehead atoms. The predicted octanol–water partition coefficient (Wildman–Crippen LogP) is 5.12. The van der Waals surface area contributed by atoms with Crippen LogP contribution in [0.3, 0.4) is 0 Å². The van der Waals surface area contributed by atoms with Crippen LogP contribution in [0.4, 0.5) is 29.2 Å². The third-order valence-electron chi connectivity index (χ3n) is 3.30. The smallest absolute Gasteiger partial charge is 0.324 e. The maximum absolute atomic E-state index is 13.3. The lowest BCUT2D eigenvalue weighted by atomic mass is 10.2. The number of benzene rings is 1. The number of thiazole rings is 1. The van der Waals surface area contributed by atoms with Gasteiger partial charge in [-0.2, -0.15) is 13.2 Å². The number of halogens is 4. The summed E-state index contributed by atoms with van der Waals surface area (Å²) in [4.78, 5) is 11.6. The number of aryl methyl sites for hydroxylation is 2. The second kappa shape index (κ2) is 6.40. The number of hydrogen-bond donors (Lipinski definition) is 1. The van der Waals surface area contributed by atoms with Crippen molar-refractivity contribution in [3.63, 3.8) is 0 Å². The van der Waals surface area contributed by atoms with Crippen molar-refractivity contribution < 1.29 is 17.6 Å². The summed E-state index contributed by atoms with van der Waals surface area (Å²) in [6, 6.07) is 5.73. The van der Waals surface area contributed by atoms with Crippen molar-refractivity contribution in [1.82, 2.24) is 15.0 Å². The minimum atomic E-state index is -4.56. The highest BCUT2D eigenvalue weighted by molar-refractivity contribution is 7.15.